The van der Waals surface area contributed by atoms with E-state index in [-0.39, 0.29) is 11.3 Å². The first-order valence-corrected chi connectivity index (χ1v) is 7.11. The van der Waals surface area contributed by atoms with Crippen molar-refractivity contribution in [2.75, 3.05) is 19.0 Å². The molecule has 0 aliphatic carbocycles. The summed E-state index contributed by atoms with van der Waals surface area (Å²) in [5.41, 5.74) is 6.05. The third kappa shape index (κ3) is 5.06. The predicted octanol–water partition coefficient (Wildman–Crippen LogP) is 1.68. The Kier molecular flexibility index (Phi) is 6.89. The highest BCUT2D eigenvalue weighted by atomic mass is 127. The molecular weight excluding hydrogens is 375 g/mol. The molecule has 1 aromatic rings. The van der Waals surface area contributed by atoms with Crippen LogP contribution in [0.3, 0.4) is 0 Å². The first-order valence-electron chi connectivity index (χ1n) is 6.04. The number of amides is 1. The number of carboxylic acid groups (broad SMARTS) is 1. The highest BCUT2D eigenvalue weighted by Gasteiger charge is 2.17. The van der Waals surface area contributed by atoms with Crippen molar-refractivity contribution in [1.82, 2.24) is 0 Å². The zero-order valence-corrected chi connectivity index (χ0v) is 13.2. The molecule has 0 saturated heterocycles. The van der Waals surface area contributed by atoms with E-state index in [1.807, 2.05) is 22.6 Å². The van der Waals surface area contributed by atoms with Gasteiger partial charge in [-0.2, -0.15) is 0 Å². The fourth-order valence-corrected chi connectivity index (χ4v) is 2.10. The lowest BCUT2D eigenvalue weighted by atomic mass is 10.1. The summed E-state index contributed by atoms with van der Waals surface area (Å²) in [5, 5.41) is 11.7. The fourth-order valence-electron chi connectivity index (χ4n) is 1.61. The molecule has 7 heteroatoms. The maximum atomic E-state index is 11.9. The Bertz CT molecular complexity index is 493. The topological polar surface area (TPSA) is 102 Å². The molecule has 1 unspecified atom stereocenters. The van der Waals surface area contributed by atoms with E-state index in [1.54, 1.807) is 19.2 Å². The monoisotopic (exact) mass is 392 g/mol. The van der Waals surface area contributed by atoms with Crippen molar-refractivity contribution in [1.29, 1.82) is 0 Å². The fraction of sp³-hybridized carbons (Fsp3) is 0.385. The zero-order valence-electron chi connectivity index (χ0n) is 11.1. The van der Waals surface area contributed by atoms with E-state index in [0.717, 1.165) is 3.57 Å². The number of carboxylic acids is 1. The van der Waals surface area contributed by atoms with Crippen LogP contribution in [-0.2, 0) is 9.53 Å². The van der Waals surface area contributed by atoms with Gasteiger partial charge >= 0.3 is 5.97 Å². The third-order valence-electron chi connectivity index (χ3n) is 2.67. The summed E-state index contributed by atoms with van der Waals surface area (Å²) in [4.78, 5) is 23.0. The van der Waals surface area contributed by atoms with Gasteiger partial charge in [-0.1, -0.05) is 0 Å². The van der Waals surface area contributed by atoms with Gasteiger partial charge in [-0.3, -0.25) is 4.79 Å². The number of aromatic carboxylic acids is 1. The minimum absolute atomic E-state index is 0.0503. The van der Waals surface area contributed by atoms with Crippen molar-refractivity contribution in [2.45, 2.75) is 18.9 Å². The number of hydrogen-bond donors (Lipinski definition) is 3. The lowest BCUT2D eigenvalue weighted by Gasteiger charge is -2.13. The predicted molar refractivity (Wildman–Crippen MR) is 83.8 cm³/mol. The molecule has 0 heterocycles. The third-order valence-corrected chi connectivity index (χ3v) is 3.34. The summed E-state index contributed by atoms with van der Waals surface area (Å²) in [6.07, 6.45) is 1.15. The van der Waals surface area contributed by atoms with E-state index in [1.165, 1.54) is 6.07 Å². The van der Waals surface area contributed by atoms with E-state index in [9.17, 15) is 9.59 Å². The first-order chi connectivity index (χ1) is 9.45. The van der Waals surface area contributed by atoms with Crippen LogP contribution in [0.1, 0.15) is 23.2 Å². The number of anilines is 1. The maximum absolute atomic E-state index is 11.9. The molecule has 1 aromatic carbocycles. The Hall–Kier alpha value is -1.19. The molecule has 0 aliphatic rings. The summed E-state index contributed by atoms with van der Waals surface area (Å²) in [6.45, 7) is 0.533. The Morgan fingerprint density at radius 3 is 2.80 bits per heavy atom. The van der Waals surface area contributed by atoms with E-state index >= 15 is 0 Å². The summed E-state index contributed by atoms with van der Waals surface area (Å²) < 4.78 is 5.67. The summed E-state index contributed by atoms with van der Waals surface area (Å²) >= 11 is 2.01. The van der Waals surface area contributed by atoms with E-state index in [0.29, 0.717) is 19.4 Å². The molecule has 0 fully saturated rings. The number of ether oxygens (including phenoxy) is 1. The Morgan fingerprint density at radius 1 is 1.50 bits per heavy atom. The first kappa shape index (κ1) is 16.9. The molecule has 1 rings (SSSR count). The van der Waals surface area contributed by atoms with Gasteiger partial charge in [0.15, 0.2) is 0 Å². The molecule has 0 spiro atoms. The molecule has 110 valence electrons. The van der Waals surface area contributed by atoms with Gasteiger partial charge in [-0.25, -0.2) is 4.79 Å². The van der Waals surface area contributed by atoms with Crippen molar-refractivity contribution in [3.8, 4) is 0 Å². The Labute approximate surface area is 130 Å². The van der Waals surface area contributed by atoms with Gasteiger partial charge in [0.2, 0.25) is 5.91 Å². The molecule has 4 N–H and O–H groups in total. The number of halogens is 1. The summed E-state index contributed by atoms with van der Waals surface area (Å²) in [5.74, 6) is -1.49. The Balaban J connectivity index is 2.72. The standard InChI is InChI=1S/C13H17IN2O4/c1-20-6-2-3-10(15)12(17)16-11-5-4-8(14)7-9(11)13(18)19/h4-5,7,10H,2-3,6,15H2,1H3,(H,16,17)(H,18,19). The number of methoxy groups -OCH3 is 1. The molecular formula is C13H17IN2O4. The largest absolute Gasteiger partial charge is 0.478 e. The SMILES string of the molecule is COCCCC(N)C(=O)Nc1ccc(I)cc1C(=O)O. The number of hydrogen-bond acceptors (Lipinski definition) is 4. The number of nitrogens with two attached hydrogens (primary N) is 1. The second-order valence-corrected chi connectivity index (χ2v) is 5.47. The van der Waals surface area contributed by atoms with Gasteiger partial charge < -0.3 is 20.9 Å². The second kappa shape index (κ2) is 8.18. The van der Waals surface area contributed by atoms with Gasteiger partial charge in [-0.05, 0) is 53.6 Å². The zero-order chi connectivity index (χ0) is 15.1. The average molecular weight is 392 g/mol. The van der Waals surface area contributed by atoms with Crippen molar-refractivity contribution < 1.29 is 19.4 Å². The van der Waals surface area contributed by atoms with Crippen LogP contribution in [-0.4, -0.2) is 36.7 Å². The lowest BCUT2D eigenvalue weighted by molar-refractivity contribution is -0.117. The molecule has 0 aliphatic heterocycles. The van der Waals surface area contributed by atoms with E-state index in [2.05, 4.69) is 5.32 Å². The number of nitrogens with one attached hydrogen (secondary N) is 1. The molecule has 0 saturated carbocycles. The number of carbonyl (C=O) groups is 2. The van der Waals surface area contributed by atoms with E-state index in [4.69, 9.17) is 15.6 Å². The molecule has 0 aromatic heterocycles. The normalized spacial score (nSPS) is 11.9. The highest BCUT2D eigenvalue weighted by molar-refractivity contribution is 14.1. The quantitative estimate of drug-likeness (QED) is 0.484. The van der Waals surface area contributed by atoms with Gasteiger partial charge in [0.25, 0.3) is 0 Å². The molecule has 0 radical (unpaired) electrons. The lowest BCUT2D eigenvalue weighted by Crippen LogP contribution is -2.36. The van der Waals surface area contributed by atoms with Crippen molar-refractivity contribution in [3.63, 3.8) is 0 Å². The van der Waals surface area contributed by atoms with Crippen LogP contribution in [0, 0.1) is 3.57 Å². The van der Waals surface area contributed by atoms with Crippen LogP contribution in [0.5, 0.6) is 0 Å². The van der Waals surface area contributed by atoms with Crippen LogP contribution in [0.15, 0.2) is 18.2 Å². The van der Waals surface area contributed by atoms with Gasteiger partial charge in [0, 0.05) is 17.3 Å². The van der Waals surface area contributed by atoms with Crippen LogP contribution < -0.4 is 11.1 Å². The van der Waals surface area contributed by atoms with Crippen molar-refractivity contribution in [2.24, 2.45) is 5.73 Å². The number of benzene rings is 1. The minimum atomic E-state index is -1.09. The number of rotatable bonds is 7. The summed E-state index contributed by atoms with van der Waals surface area (Å²) in [7, 11) is 1.58. The van der Waals surface area contributed by atoms with Crippen molar-refractivity contribution in [3.05, 3.63) is 27.3 Å². The van der Waals surface area contributed by atoms with Crippen LogP contribution >= 0.6 is 22.6 Å². The second-order valence-electron chi connectivity index (χ2n) is 4.23. The van der Waals surface area contributed by atoms with Crippen LogP contribution in [0.2, 0.25) is 0 Å². The Morgan fingerprint density at radius 2 is 2.20 bits per heavy atom. The molecule has 20 heavy (non-hydrogen) atoms. The van der Waals surface area contributed by atoms with Crippen LogP contribution in [0.4, 0.5) is 5.69 Å². The maximum Gasteiger partial charge on any atom is 0.337 e. The molecule has 1 amide bonds. The molecule has 1 atom stereocenters. The van der Waals surface area contributed by atoms with Gasteiger partial charge in [0.05, 0.1) is 17.3 Å². The van der Waals surface area contributed by atoms with Crippen molar-refractivity contribution >= 4 is 40.2 Å². The van der Waals surface area contributed by atoms with Crippen LogP contribution in [0.25, 0.3) is 0 Å². The number of carbonyl (C=O) groups excluding carboxylic acids is 1. The summed E-state index contributed by atoms with van der Waals surface area (Å²) in [6, 6.07) is 4.09. The van der Waals surface area contributed by atoms with Gasteiger partial charge in [-0.15, -0.1) is 0 Å². The molecule has 6 nitrogen and oxygen atoms in total. The molecule has 0 bridgehead atoms. The smallest absolute Gasteiger partial charge is 0.337 e. The van der Waals surface area contributed by atoms with E-state index < -0.39 is 17.9 Å². The highest BCUT2D eigenvalue weighted by Crippen LogP contribution is 2.19. The van der Waals surface area contributed by atoms with Gasteiger partial charge in [0.1, 0.15) is 0 Å². The average Bonchev–Trinajstić information content (AvgIpc) is 2.40. The minimum Gasteiger partial charge on any atom is -0.478 e.